The molecular weight excluding hydrogens is 296 g/mol. The average Bonchev–Trinajstić information content (AvgIpc) is 2.38. The molecule has 0 aliphatic carbocycles. The smallest absolute Gasteiger partial charge is 0.324 e. The Kier molecular flexibility index (Phi) is 6.68. The summed E-state index contributed by atoms with van der Waals surface area (Å²) in [7, 11) is 1.56. The summed E-state index contributed by atoms with van der Waals surface area (Å²) in [6, 6.07) is 6.54. The van der Waals surface area contributed by atoms with Crippen molar-refractivity contribution in [3.63, 3.8) is 0 Å². The van der Waals surface area contributed by atoms with Gasteiger partial charge in [-0.25, -0.2) is 4.79 Å². The van der Waals surface area contributed by atoms with Crippen molar-refractivity contribution in [3.05, 3.63) is 34.9 Å². The number of carbonyl (C=O) groups excluding carboxylic acids is 2. The molecule has 0 fully saturated rings. The Bertz CT molecular complexity index is 533. The molecule has 3 amide bonds. The number of imide groups is 1. The van der Waals surface area contributed by atoms with Crippen molar-refractivity contribution in [3.8, 4) is 0 Å². The first-order valence-corrected chi connectivity index (χ1v) is 6.77. The van der Waals surface area contributed by atoms with E-state index in [0.717, 1.165) is 5.56 Å². The second kappa shape index (κ2) is 8.26. The molecule has 0 saturated carbocycles. The van der Waals surface area contributed by atoms with Gasteiger partial charge in [-0.15, -0.1) is 0 Å². The fraction of sp³-hybridized carbons (Fsp3) is 0.357. The van der Waals surface area contributed by atoms with Crippen LogP contribution < -0.4 is 5.32 Å². The van der Waals surface area contributed by atoms with Gasteiger partial charge in [-0.1, -0.05) is 23.7 Å². The molecular formula is C14H17ClN2O4. The predicted octanol–water partition coefficient (Wildman–Crippen LogP) is 2.26. The molecule has 1 aromatic carbocycles. The molecule has 1 rings (SSSR count). The molecule has 21 heavy (non-hydrogen) atoms. The first-order valence-electron chi connectivity index (χ1n) is 6.39. The highest BCUT2D eigenvalue weighted by molar-refractivity contribution is 6.30. The lowest BCUT2D eigenvalue weighted by Crippen LogP contribution is -2.40. The molecule has 0 aliphatic heterocycles. The number of urea groups is 1. The third-order valence-electron chi connectivity index (χ3n) is 2.70. The maximum Gasteiger partial charge on any atom is 0.324 e. The van der Waals surface area contributed by atoms with Gasteiger partial charge in [0.1, 0.15) is 0 Å². The zero-order valence-electron chi connectivity index (χ0n) is 11.6. The van der Waals surface area contributed by atoms with Crippen LogP contribution in [0.2, 0.25) is 5.02 Å². The van der Waals surface area contributed by atoms with E-state index in [2.05, 4.69) is 5.32 Å². The number of carboxylic acids is 1. The van der Waals surface area contributed by atoms with Crippen LogP contribution in [0, 0.1) is 0 Å². The average molecular weight is 313 g/mol. The molecule has 0 saturated heterocycles. The maximum atomic E-state index is 11.8. The fourth-order valence-corrected chi connectivity index (χ4v) is 1.87. The summed E-state index contributed by atoms with van der Waals surface area (Å²) in [5.74, 6) is -1.45. The Morgan fingerprint density at radius 1 is 1.29 bits per heavy atom. The number of amides is 3. The van der Waals surface area contributed by atoms with Crippen molar-refractivity contribution < 1.29 is 19.5 Å². The molecule has 114 valence electrons. The van der Waals surface area contributed by atoms with Crippen LogP contribution in [0.5, 0.6) is 0 Å². The molecule has 0 unspecified atom stereocenters. The van der Waals surface area contributed by atoms with Crippen LogP contribution in [0.3, 0.4) is 0 Å². The molecule has 0 aliphatic rings. The minimum absolute atomic E-state index is 0.00302. The van der Waals surface area contributed by atoms with Gasteiger partial charge in [0.05, 0.1) is 0 Å². The van der Waals surface area contributed by atoms with E-state index in [1.165, 1.54) is 4.90 Å². The number of nitrogens with one attached hydrogen (secondary N) is 1. The normalized spacial score (nSPS) is 10.0. The van der Waals surface area contributed by atoms with E-state index >= 15 is 0 Å². The molecule has 0 aromatic heterocycles. The lowest BCUT2D eigenvalue weighted by atomic mass is 10.2. The van der Waals surface area contributed by atoms with Gasteiger partial charge in [0.25, 0.3) is 0 Å². The summed E-state index contributed by atoms with van der Waals surface area (Å²) >= 11 is 5.85. The molecule has 7 heteroatoms. The first-order chi connectivity index (χ1) is 9.88. The molecule has 0 heterocycles. The lowest BCUT2D eigenvalue weighted by molar-refractivity contribution is -0.137. The van der Waals surface area contributed by atoms with Crippen LogP contribution in [0.4, 0.5) is 4.79 Å². The van der Waals surface area contributed by atoms with Gasteiger partial charge in [0.15, 0.2) is 0 Å². The summed E-state index contributed by atoms with van der Waals surface area (Å²) in [5.41, 5.74) is 0.846. The van der Waals surface area contributed by atoms with E-state index < -0.39 is 17.9 Å². The van der Waals surface area contributed by atoms with Crippen LogP contribution in [0.15, 0.2) is 24.3 Å². The van der Waals surface area contributed by atoms with Gasteiger partial charge in [0.2, 0.25) is 5.91 Å². The number of aliphatic carboxylic acids is 1. The number of carboxylic acid groups (broad SMARTS) is 1. The second-order valence-corrected chi connectivity index (χ2v) is 5.02. The van der Waals surface area contributed by atoms with Crippen molar-refractivity contribution >= 4 is 29.5 Å². The molecule has 0 bridgehead atoms. The van der Waals surface area contributed by atoms with Gasteiger partial charge >= 0.3 is 12.0 Å². The van der Waals surface area contributed by atoms with Crippen LogP contribution in [-0.4, -0.2) is 35.0 Å². The zero-order chi connectivity index (χ0) is 15.8. The predicted molar refractivity (Wildman–Crippen MR) is 77.9 cm³/mol. The maximum absolute atomic E-state index is 11.8. The van der Waals surface area contributed by atoms with Gasteiger partial charge < -0.3 is 10.0 Å². The van der Waals surface area contributed by atoms with Crippen molar-refractivity contribution in [1.29, 1.82) is 0 Å². The third-order valence-corrected chi connectivity index (χ3v) is 2.93. The Balaban J connectivity index is 2.40. The lowest BCUT2D eigenvalue weighted by Gasteiger charge is -2.17. The van der Waals surface area contributed by atoms with Crippen molar-refractivity contribution in [2.24, 2.45) is 0 Å². The molecule has 0 spiro atoms. The summed E-state index contributed by atoms with van der Waals surface area (Å²) in [4.78, 5) is 34.9. The summed E-state index contributed by atoms with van der Waals surface area (Å²) < 4.78 is 0. The molecule has 1 aromatic rings. The fourth-order valence-electron chi connectivity index (χ4n) is 1.66. The Morgan fingerprint density at radius 2 is 2.00 bits per heavy atom. The minimum atomic E-state index is -0.966. The number of hydrogen-bond donors (Lipinski definition) is 2. The first kappa shape index (κ1) is 17.0. The number of benzene rings is 1. The van der Waals surface area contributed by atoms with Gasteiger partial charge in [-0.2, -0.15) is 0 Å². The van der Waals surface area contributed by atoms with E-state index in [4.69, 9.17) is 16.7 Å². The standard InChI is InChI=1S/C14H17ClN2O4/c1-17(9-10-4-2-5-11(15)8-10)14(21)16-12(18)6-3-7-13(19)20/h2,4-5,8H,3,6-7,9H2,1H3,(H,19,20)(H,16,18,21). The summed E-state index contributed by atoms with van der Waals surface area (Å²) in [6.07, 6.45) is 0.107. The van der Waals surface area contributed by atoms with Crippen LogP contribution in [0.25, 0.3) is 0 Å². The van der Waals surface area contributed by atoms with E-state index in [9.17, 15) is 14.4 Å². The topological polar surface area (TPSA) is 86.7 Å². The van der Waals surface area contributed by atoms with Gasteiger partial charge in [-0.05, 0) is 24.1 Å². The quantitative estimate of drug-likeness (QED) is 0.843. The second-order valence-electron chi connectivity index (χ2n) is 4.59. The number of rotatable bonds is 6. The van der Waals surface area contributed by atoms with Crippen LogP contribution >= 0.6 is 11.6 Å². The molecule has 0 atom stereocenters. The van der Waals surface area contributed by atoms with Crippen molar-refractivity contribution in [2.45, 2.75) is 25.8 Å². The van der Waals surface area contributed by atoms with Crippen molar-refractivity contribution in [2.75, 3.05) is 7.05 Å². The highest BCUT2D eigenvalue weighted by Gasteiger charge is 2.13. The van der Waals surface area contributed by atoms with Gasteiger partial charge in [0, 0.05) is 31.5 Å². The number of nitrogens with zero attached hydrogens (tertiary/aromatic N) is 1. The highest BCUT2D eigenvalue weighted by atomic mass is 35.5. The molecule has 2 N–H and O–H groups in total. The number of hydrogen-bond acceptors (Lipinski definition) is 3. The Morgan fingerprint density at radius 3 is 2.62 bits per heavy atom. The Hall–Kier alpha value is -2.08. The third kappa shape index (κ3) is 6.76. The van der Waals surface area contributed by atoms with Crippen LogP contribution in [-0.2, 0) is 16.1 Å². The van der Waals surface area contributed by atoms with E-state index in [1.54, 1.807) is 25.2 Å². The van der Waals surface area contributed by atoms with E-state index in [0.29, 0.717) is 11.6 Å². The largest absolute Gasteiger partial charge is 0.481 e. The molecule has 6 nitrogen and oxygen atoms in total. The number of carbonyl (C=O) groups is 3. The van der Waals surface area contributed by atoms with Gasteiger partial charge in [-0.3, -0.25) is 14.9 Å². The van der Waals surface area contributed by atoms with Crippen molar-refractivity contribution in [1.82, 2.24) is 10.2 Å². The Labute approximate surface area is 127 Å². The monoisotopic (exact) mass is 312 g/mol. The van der Waals surface area contributed by atoms with E-state index in [1.807, 2.05) is 6.07 Å². The summed E-state index contributed by atoms with van der Waals surface area (Å²) in [6.45, 7) is 0.314. The molecule has 0 radical (unpaired) electrons. The SMILES string of the molecule is CN(Cc1cccc(Cl)c1)C(=O)NC(=O)CCCC(=O)O. The number of halogens is 1. The highest BCUT2D eigenvalue weighted by Crippen LogP contribution is 2.12. The minimum Gasteiger partial charge on any atom is -0.481 e. The summed E-state index contributed by atoms with van der Waals surface area (Å²) in [5, 5.41) is 11.3. The van der Waals surface area contributed by atoms with Crippen LogP contribution in [0.1, 0.15) is 24.8 Å². The zero-order valence-corrected chi connectivity index (χ0v) is 12.4. The van der Waals surface area contributed by atoms with E-state index in [-0.39, 0.29) is 19.3 Å².